The first-order valence-corrected chi connectivity index (χ1v) is 11.0. The number of esters is 2. The van der Waals surface area contributed by atoms with Crippen molar-refractivity contribution in [1.29, 1.82) is 0 Å². The molecule has 0 atom stereocenters. The third kappa shape index (κ3) is 4.30. The molecule has 8 nitrogen and oxygen atoms in total. The SMILES string of the molecule is CCOC(=O)c1c(S(C)(=O)=O)sc(S(C)(=O)=O)c1C(=O)OCC. The molecule has 0 unspecified atom stereocenters. The van der Waals surface area contributed by atoms with Crippen molar-refractivity contribution in [2.45, 2.75) is 22.3 Å². The summed E-state index contributed by atoms with van der Waals surface area (Å²) in [5.74, 6) is -2.19. The summed E-state index contributed by atoms with van der Waals surface area (Å²) in [5.41, 5.74) is -1.20. The first-order chi connectivity index (χ1) is 10.4. The van der Waals surface area contributed by atoms with Gasteiger partial charge in [-0.05, 0) is 13.8 Å². The van der Waals surface area contributed by atoms with Crippen LogP contribution in [0.15, 0.2) is 8.42 Å². The number of rotatable bonds is 6. The van der Waals surface area contributed by atoms with Gasteiger partial charge in [-0.3, -0.25) is 0 Å². The van der Waals surface area contributed by atoms with Crippen LogP contribution in [0.4, 0.5) is 0 Å². The van der Waals surface area contributed by atoms with E-state index in [0.29, 0.717) is 11.3 Å². The average molecular weight is 384 g/mol. The van der Waals surface area contributed by atoms with Gasteiger partial charge in [-0.1, -0.05) is 0 Å². The van der Waals surface area contributed by atoms with Gasteiger partial charge in [-0.25, -0.2) is 26.4 Å². The molecule has 0 N–H and O–H groups in total. The van der Waals surface area contributed by atoms with Crippen LogP contribution in [-0.2, 0) is 29.1 Å². The highest BCUT2D eigenvalue weighted by atomic mass is 32.3. The second kappa shape index (κ2) is 6.97. The maximum absolute atomic E-state index is 12.1. The number of thiophene rings is 1. The molecule has 1 rings (SSSR count). The van der Waals surface area contributed by atoms with Gasteiger partial charge >= 0.3 is 11.9 Å². The van der Waals surface area contributed by atoms with E-state index in [1.165, 1.54) is 13.8 Å². The van der Waals surface area contributed by atoms with Crippen molar-refractivity contribution in [3.63, 3.8) is 0 Å². The first kappa shape index (κ1) is 19.6. The van der Waals surface area contributed by atoms with Gasteiger partial charge in [0.15, 0.2) is 19.7 Å². The Morgan fingerprint density at radius 1 is 0.826 bits per heavy atom. The monoisotopic (exact) mass is 384 g/mol. The molecule has 0 saturated carbocycles. The third-order valence-corrected chi connectivity index (χ3v) is 7.33. The number of hydrogen-bond donors (Lipinski definition) is 0. The maximum atomic E-state index is 12.1. The minimum atomic E-state index is -3.96. The second-order valence-corrected chi connectivity index (χ2v) is 9.85. The Morgan fingerprint density at radius 3 is 1.35 bits per heavy atom. The minimum Gasteiger partial charge on any atom is -0.462 e. The van der Waals surface area contributed by atoms with Crippen molar-refractivity contribution in [2.24, 2.45) is 0 Å². The number of carbonyl (C=O) groups excluding carboxylic acids is 2. The standard InChI is InChI=1S/C12H16O8S3/c1-5-19-9(13)7-8(10(14)20-6-2)12(23(4,17)18)21-11(7)22(3,15)16/h5-6H2,1-4H3. The third-order valence-electron chi connectivity index (χ3n) is 2.48. The van der Waals surface area contributed by atoms with Crippen LogP contribution < -0.4 is 0 Å². The van der Waals surface area contributed by atoms with Crippen LogP contribution in [0.2, 0.25) is 0 Å². The predicted octanol–water partition coefficient (Wildman–Crippen LogP) is 0.909. The van der Waals surface area contributed by atoms with Crippen LogP contribution in [-0.4, -0.2) is 54.5 Å². The molecule has 130 valence electrons. The van der Waals surface area contributed by atoms with Gasteiger partial charge in [0, 0.05) is 12.5 Å². The topological polar surface area (TPSA) is 121 Å². The van der Waals surface area contributed by atoms with Gasteiger partial charge in [-0.2, -0.15) is 0 Å². The summed E-state index contributed by atoms with van der Waals surface area (Å²) < 4.78 is 56.0. The molecule has 11 heteroatoms. The molecular formula is C12H16O8S3. The summed E-state index contributed by atoms with van der Waals surface area (Å²) in [6, 6.07) is 0. The number of carbonyl (C=O) groups is 2. The molecule has 1 heterocycles. The van der Waals surface area contributed by atoms with Gasteiger partial charge in [0.1, 0.15) is 19.5 Å². The van der Waals surface area contributed by atoms with Crippen molar-refractivity contribution in [2.75, 3.05) is 25.7 Å². The van der Waals surface area contributed by atoms with E-state index in [9.17, 15) is 26.4 Å². The Hall–Kier alpha value is -1.46. The van der Waals surface area contributed by atoms with Crippen molar-refractivity contribution in [1.82, 2.24) is 0 Å². The zero-order valence-electron chi connectivity index (χ0n) is 12.9. The number of hydrogen-bond acceptors (Lipinski definition) is 9. The Labute approximate surface area is 138 Å². The maximum Gasteiger partial charge on any atom is 0.341 e. The molecule has 0 aliphatic heterocycles. The van der Waals surface area contributed by atoms with Crippen LogP contribution in [0, 0.1) is 0 Å². The minimum absolute atomic E-state index is 0.0750. The molecule has 0 amide bonds. The van der Waals surface area contributed by atoms with Gasteiger partial charge in [-0.15, -0.1) is 11.3 Å². The summed E-state index contributed by atoms with van der Waals surface area (Å²) in [6.45, 7) is 2.83. The van der Waals surface area contributed by atoms with Gasteiger partial charge in [0.05, 0.1) is 13.2 Å². The molecule has 0 saturated heterocycles. The van der Waals surface area contributed by atoms with E-state index in [4.69, 9.17) is 9.47 Å². The molecule has 0 fully saturated rings. The van der Waals surface area contributed by atoms with E-state index in [0.717, 1.165) is 12.5 Å². The summed E-state index contributed by atoms with van der Waals surface area (Å²) in [6.07, 6.45) is 1.62. The highest BCUT2D eigenvalue weighted by molar-refractivity contribution is 7.95. The highest BCUT2D eigenvalue weighted by Crippen LogP contribution is 2.36. The van der Waals surface area contributed by atoms with Crippen LogP contribution in [0.5, 0.6) is 0 Å². The zero-order valence-corrected chi connectivity index (χ0v) is 15.4. The summed E-state index contributed by atoms with van der Waals surface area (Å²) in [5, 5.41) is 0. The lowest BCUT2D eigenvalue weighted by atomic mass is 10.2. The predicted molar refractivity (Wildman–Crippen MR) is 82.5 cm³/mol. The highest BCUT2D eigenvalue weighted by Gasteiger charge is 2.37. The van der Waals surface area contributed by atoms with Crippen molar-refractivity contribution >= 4 is 42.9 Å². The quantitative estimate of drug-likeness (QED) is 0.664. The molecule has 0 spiro atoms. The van der Waals surface area contributed by atoms with Gasteiger partial charge in [0.25, 0.3) is 0 Å². The molecule has 23 heavy (non-hydrogen) atoms. The lowest BCUT2D eigenvalue weighted by molar-refractivity contribution is 0.0474. The summed E-state index contributed by atoms with van der Waals surface area (Å²) in [7, 11) is -7.92. The Bertz CT molecular complexity index is 761. The lowest BCUT2D eigenvalue weighted by Gasteiger charge is -2.07. The molecule has 1 aromatic rings. The van der Waals surface area contributed by atoms with Crippen LogP contribution >= 0.6 is 11.3 Å². The fraction of sp³-hybridized carbons (Fsp3) is 0.500. The molecule has 0 aromatic carbocycles. The van der Waals surface area contributed by atoms with Crippen molar-refractivity contribution in [3.8, 4) is 0 Å². The van der Waals surface area contributed by atoms with E-state index >= 15 is 0 Å². The number of ether oxygens (including phenoxy) is 2. The van der Waals surface area contributed by atoms with Crippen LogP contribution in [0.1, 0.15) is 34.6 Å². The van der Waals surface area contributed by atoms with E-state index in [2.05, 4.69) is 0 Å². The Kier molecular flexibility index (Phi) is 5.94. The first-order valence-electron chi connectivity index (χ1n) is 6.36. The average Bonchev–Trinajstić information content (AvgIpc) is 2.79. The van der Waals surface area contributed by atoms with E-state index < -0.39 is 51.2 Å². The molecule has 0 bridgehead atoms. The fourth-order valence-electron chi connectivity index (χ4n) is 1.69. The van der Waals surface area contributed by atoms with Crippen LogP contribution in [0.3, 0.4) is 0 Å². The van der Waals surface area contributed by atoms with Gasteiger partial charge in [0.2, 0.25) is 0 Å². The van der Waals surface area contributed by atoms with Gasteiger partial charge < -0.3 is 9.47 Å². The largest absolute Gasteiger partial charge is 0.462 e. The normalized spacial score (nSPS) is 12.0. The Morgan fingerprint density at radius 2 is 1.13 bits per heavy atom. The van der Waals surface area contributed by atoms with E-state index in [1.807, 2.05) is 0 Å². The molecule has 0 aliphatic rings. The molecule has 1 aromatic heterocycles. The fourth-order valence-corrected chi connectivity index (χ4v) is 5.41. The molecule has 0 radical (unpaired) electrons. The number of sulfone groups is 2. The molecular weight excluding hydrogens is 368 g/mol. The summed E-state index contributed by atoms with van der Waals surface area (Å²) >= 11 is 0.331. The van der Waals surface area contributed by atoms with E-state index in [-0.39, 0.29) is 13.2 Å². The van der Waals surface area contributed by atoms with Crippen molar-refractivity contribution < 1.29 is 35.9 Å². The van der Waals surface area contributed by atoms with E-state index in [1.54, 1.807) is 0 Å². The van der Waals surface area contributed by atoms with Crippen LogP contribution in [0.25, 0.3) is 0 Å². The second-order valence-electron chi connectivity index (χ2n) is 4.41. The Balaban J connectivity index is 3.90. The molecule has 0 aliphatic carbocycles. The van der Waals surface area contributed by atoms with Crippen molar-refractivity contribution in [3.05, 3.63) is 11.1 Å². The summed E-state index contributed by atoms with van der Waals surface area (Å²) in [4.78, 5) is 24.2. The smallest absolute Gasteiger partial charge is 0.341 e. The zero-order chi connectivity index (χ0) is 18.0. The lowest BCUT2D eigenvalue weighted by Crippen LogP contribution is -2.16.